The third kappa shape index (κ3) is 5.37. The number of amides is 1. The molecule has 4 heterocycles. The third-order valence-corrected chi connectivity index (χ3v) is 4.97. The Bertz CT molecular complexity index is 1350. The average molecular weight is 481 g/mol. The third-order valence-electron chi connectivity index (χ3n) is 4.97. The maximum Gasteiger partial charge on any atom is 0.307 e. The van der Waals surface area contributed by atoms with E-state index in [0.29, 0.717) is 29.1 Å². The van der Waals surface area contributed by atoms with E-state index in [9.17, 15) is 18.4 Å². The number of fused-ring (bicyclic) bond motifs is 1. The molecule has 4 aromatic rings. The van der Waals surface area contributed by atoms with Crippen molar-refractivity contribution in [1.29, 1.82) is 0 Å². The Labute approximate surface area is 198 Å². The van der Waals surface area contributed by atoms with Gasteiger partial charge < -0.3 is 15.0 Å². The predicted octanol–water partition coefficient (Wildman–Crippen LogP) is 3.78. The van der Waals surface area contributed by atoms with Crippen molar-refractivity contribution in [2.24, 2.45) is 0 Å². The number of ether oxygens (including phenoxy) is 1. The summed E-state index contributed by atoms with van der Waals surface area (Å²) in [5.41, 5.74) is 1.30. The Morgan fingerprint density at radius 3 is 2.86 bits per heavy atom. The highest BCUT2D eigenvalue weighted by atomic mass is 19.3. The highest BCUT2D eigenvalue weighted by Crippen LogP contribution is 2.30. The van der Waals surface area contributed by atoms with Crippen LogP contribution in [0, 0.1) is 0 Å². The van der Waals surface area contributed by atoms with Gasteiger partial charge in [0.2, 0.25) is 12.2 Å². The quantitative estimate of drug-likeness (QED) is 0.269. The van der Waals surface area contributed by atoms with Gasteiger partial charge in [-0.05, 0) is 37.3 Å². The van der Waals surface area contributed by atoms with Crippen LogP contribution in [0.4, 0.5) is 26.0 Å². The molecule has 0 aliphatic carbocycles. The molecule has 0 atom stereocenters. The molecule has 0 aliphatic rings. The van der Waals surface area contributed by atoms with Gasteiger partial charge in [-0.3, -0.25) is 14.6 Å². The fourth-order valence-corrected chi connectivity index (χ4v) is 3.36. The Morgan fingerprint density at radius 1 is 1.23 bits per heavy atom. The Morgan fingerprint density at radius 2 is 2.09 bits per heavy atom. The number of hydrogen-bond acceptors (Lipinski definition) is 8. The second-order valence-electron chi connectivity index (χ2n) is 7.24. The molecule has 1 amide bonds. The molecular weight excluding hydrogens is 460 g/mol. The zero-order chi connectivity index (χ0) is 24.8. The van der Waals surface area contributed by atoms with Gasteiger partial charge in [-0.1, -0.05) is 6.07 Å². The molecule has 180 valence electrons. The predicted molar refractivity (Wildman–Crippen MR) is 123 cm³/mol. The molecule has 0 bridgehead atoms. The largest absolute Gasteiger partial charge is 0.466 e. The summed E-state index contributed by atoms with van der Waals surface area (Å²) in [6.45, 7) is 2.04. The molecular formula is C23H21F2N7O3. The number of alkyl halides is 2. The molecule has 4 rings (SSSR count). The van der Waals surface area contributed by atoms with E-state index in [1.165, 1.54) is 29.4 Å². The minimum absolute atomic E-state index is 0.00760. The highest BCUT2D eigenvalue weighted by molar-refractivity contribution is 5.87. The van der Waals surface area contributed by atoms with E-state index in [-0.39, 0.29) is 36.8 Å². The van der Waals surface area contributed by atoms with Crippen molar-refractivity contribution in [3.63, 3.8) is 0 Å². The molecule has 10 nitrogen and oxygen atoms in total. The van der Waals surface area contributed by atoms with Crippen molar-refractivity contribution in [2.45, 2.75) is 19.8 Å². The molecule has 0 saturated carbocycles. The first-order valence-electron chi connectivity index (χ1n) is 10.7. The summed E-state index contributed by atoms with van der Waals surface area (Å²) < 4.78 is 32.8. The van der Waals surface area contributed by atoms with Crippen LogP contribution >= 0.6 is 0 Å². The van der Waals surface area contributed by atoms with Gasteiger partial charge in [0, 0.05) is 18.9 Å². The molecule has 0 aliphatic heterocycles. The van der Waals surface area contributed by atoms with Crippen molar-refractivity contribution in [3.05, 3.63) is 60.7 Å². The number of pyridine rings is 2. The fourth-order valence-electron chi connectivity index (χ4n) is 3.36. The summed E-state index contributed by atoms with van der Waals surface area (Å²) in [6, 6.07) is 9.41. The van der Waals surface area contributed by atoms with Crippen LogP contribution in [-0.4, -0.2) is 50.1 Å². The number of carbonyl (C=O) groups is 2. The van der Waals surface area contributed by atoms with Crippen LogP contribution in [-0.2, 0) is 14.3 Å². The summed E-state index contributed by atoms with van der Waals surface area (Å²) in [5.74, 6) is 0.0587. The maximum atomic E-state index is 13.2. The zero-order valence-electron chi connectivity index (χ0n) is 18.6. The molecule has 1 N–H and O–H groups in total. The minimum Gasteiger partial charge on any atom is -0.466 e. The van der Waals surface area contributed by atoms with Crippen LogP contribution in [0.3, 0.4) is 0 Å². The Balaban J connectivity index is 1.69. The lowest BCUT2D eigenvalue weighted by Gasteiger charge is -2.20. The van der Waals surface area contributed by atoms with Gasteiger partial charge in [-0.2, -0.15) is 0 Å². The first kappa shape index (κ1) is 23.7. The molecule has 12 heteroatoms. The van der Waals surface area contributed by atoms with Gasteiger partial charge in [0.05, 0.1) is 30.6 Å². The Hall–Kier alpha value is -4.48. The lowest BCUT2D eigenvalue weighted by atomic mass is 10.2. The molecule has 35 heavy (non-hydrogen) atoms. The van der Waals surface area contributed by atoms with Crippen LogP contribution in [0.15, 0.2) is 55.0 Å². The average Bonchev–Trinajstić information content (AvgIpc) is 3.35. The van der Waals surface area contributed by atoms with Gasteiger partial charge in [0.25, 0.3) is 6.43 Å². The van der Waals surface area contributed by atoms with Crippen molar-refractivity contribution in [3.8, 4) is 11.5 Å². The van der Waals surface area contributed by atoms with Crippen LogP contribution < -0.4 is 10.2 Å². The number of nitrogens with one attached hydrogen (secondary N) is 1. The summed E-state index contributed by atoms with van der Waals surface area (Å²) in [7, 11) is 0. The van der Waals surface area contributed by atoms with E-state index >= 15 is 0 Å². The van der Waals surface area contributed by atoms with Gasteiger partial charge in [0.15, 0.2) is 5.82 Å². The minimum atomic E-state index is -2.73. The normalized spacial score (nSPS) is 11.0. The van der Waals surface area contributed by atoms with E-state index in [2.05, 4.69) is 25.4 Å². The van der Waals surface area contributed by atoms with Crippen LogP contribution in [0.2, 0.25) is 0 Å². The first-order valence-corrected chi connectivity index (χ1v) is 10.7. The molecule has 0 saturated heterocycles. The van der Waals surface area contributed by atoms with Crippen LogP contribution in [0.5, 0.6) is 0 Å². The number of carbonyl (C=O) groups excluding carboxylic acids is 2. The van der Waals surface area contributed by atoms with Crippen LogP contribution in [0.1, 0.15) is 25.5 Å². The summed E-state index contributed by atoms with van der Waals surface area (Å²) in [6.07, 6.45) is 2.57. The van der Waals surface area contributed by atoms with Crippen molar-refractivity contribution >= 4 is 35.1 Å². The lowest BCUT2D eigenvalue weighted by Crippen LogP contribution is -2.26. The maximum absolute atomic E-state index is 13.2. The first-order chi connectivity index (χ1) is 17.0. The second kappa shape index (κ2) is 10.6. The van der Waals surface area contributed by atoms with E-state index in [1.807, 2.05) is 0 Å². The van der Waals surface area contributed by atoms with Gasteiger partial charge in [-0.15, -0.1) is 5.10 Å². The topological polar surface area (TPSA) is 115 Å². The number of aromatic nitrogens is 5. The van der Waals surface area contributed by atoms with Crippen molar-refractivity contribution in [2.75, 3.05) is 23.4 Å². The zero-order valence-corrected chi connectivity index (χ0v) is 18.6. The SMILES string of the molecule is CCOC(=O)CCN(C=O)c1cnccc1Nc1nc(-c2cccc(C(F)F)n2)nn2cccc12. The van der Waals surface area contributed by atoms with E-state index in [1.54, 1.807) is 41.9 Å². The monoisotopic (exact) mass is 481 g/mol. The van der Waals surface area contributed by atoms with E-state index in [4.69, 9.17) is 4.74 Å². The molecule has 0 fully saturated rings. The standard InChI is InChI=1S/C23H21F2N7O3/c1-2-35-20(34)9-12-31(14-33)19-13-26-10-8-15(19)28-23-18-7-4-11-32(18)30-22(29-23)17-6-3-5-16(27-17)21(24)25/h3-8,10-11,13-14,21H,2,9,12H2,1H3,(H,26,28,29,30). The summed E-state index contributed by atoms with van der Waals surface area (Å²) >= 11 is 0. The molecule has 0 aromatic carbocycles. The molecule has 0 spiro atoms. The Kier molecular flexibility index (Phi) is 7.19. The smallest absolute Gasteiger partial charge is 0.307 e. The number of halogens is 2. The van der Waals surface area contributed by atoms with Gasteiger partial charge in [0.1, 0.15) is 16.9 Å². The van der Waals surface area contributed by atoms with E-state index < -0.39 is 12.4 Å². The molecule has 0 radical (unpaired) electrons. The fraction of sp³-hybridized carbons (Fsp3) is 0.217. The van der Waals surface area contributed by atoms with Crippen molar-refractivity contribution < 1.29 is 23.1 Å². The summed E-state index contributed by atoms with van der Waals surface area (Å²) in [4.78, 5) is 37.5. The van der Waals surface area contributed by atoms with Gasteiger partial charge in [-0.25, -0.2) is 23.3 Å². The van der Waals surface area contributed by atoms with Crippen molar-refractivity contribution in [1.82, 2.24) is 24.6 Å². The number of anilines is 3. The number of esters is 1. The lowest BCUT2D eigenvalue weighted by molar-refractivity contribution is -0.142. The van der Waals surface area contributed by atoms with E-state index in [0.717, 1.165) is 0 Å². The summed E-state index contributed by atoms with van der Waals surface area (Å²) in [5, 5.41) is 7.55. The number of rotatable bonds is 10. The van der Waals surface area contributed by atoms with Crippen LogP contribution in [0.25, 0.3) is 17.0 Å². The second-order valence-corrected chi connectivity index (χ2v) is 7.24. The highest BCUT2D eigenvalue weighted by Gasteiger charge is 2.17. The number of hydrogen-bond donors (Lipinski definition) is 1. The van der Waals surface area contributed by atoms with Gasteiger partial charge >= 0.3 is 5.97 Å². The number of nitrogens with zero attached hydrogens (tertiary/aromatic N) is 6. The molecule has 4 aromatic heterocycles. The molecule has 0 unspecified atom stereocenters.